The van der Waals surface area contributed by atoms with E-state index in [0.717, 1.165) is 36.8 Å². The molecule has 1 fully saturated rings. The summed E-state index contributed by atoms with van der Waals surface area (Å²) in [5, 5.41) is 7.29. The molecule has 0 bridgehead atoms. The van der Waals surface area contributed by atoms with E-state index in [9.17, 15) is 4.79 Å². The lowest BCUT2D eigenvalue weighted by Crippen LogP contribution is -2.52. The van der Waals surface area contributed by atoms with Gasteiger partial charge in [-0.05, 0) is 54.1 Å². The molecule has 0 unspecified atom stereocenters. The van der Waals surface area contributed by atoms with Crippen LogP contribution in [0.15, 0.2) is 59.3 Å². The summed E-state index contributed by atoms with van der Waals surface area (Å²) in [5.74, 6) is 0.890. The quantitative estimate of drug-likeness (QED) is 0.586. The van der Waals surface area contributed by atoms with Gasteiger partial charge in [0.2, 0.25) is 0 Å². The maximum Gasteiger partial charge on any atom is 0.261 e. The highest BCUT2D eigenvalue weighted by Crippen LogP contribution is 2.31. The fourth-order valence-electron chi connectivity index (χ4n) is 4.02. The van der Waals surface area contributed by atoms with Gasteiger partial charge in [0.25, 0.3) is 5.91 Å². The molecule has 2 aromatic heterocycles. The third-order valence-electron chi connectivity index (χ3n) is 5.56. The Labute approximate surface area is 185 Å². The first-order valence-electron chi connectivity index (χ1n) is 10.2. The van der Waals surface area contributed by atoms with Gasteiger partial charge in [-0.2, -0.15) is 0 Å². The molecular formula is C23H27N3O2S2. The molecule has 3 aromatic rings. The topological polar surface area (TPSA) is 44.8 Å². The summed E-state index contributed by atoms with van der Waals surface area (Å²) in [5.41, 5.74) is 1.22. The van der Waals surface area contributed by atoms with E-state index in [2.05, 4.69) is 51.7 Å². The molecule has 3 heterocycles. The zero-order valence-electron chi connectivity index (χ0n) is 17.3. The number of benzene rings is 1. The Kier molecular flexibility index (Phi) is 6.72. The molecule has 30 heavy (non-hydrogen) atoms. The molecule has 1 aliphatic rings. The van der Waals surface area contributed by atoms with Crippen molar-refractivity contribution in [3.05, 3.63) is 69.0 Å². The van der Waals surface area contributed by atoms with Crippen LogP contribution in [0.25, 0.3) is 0 Å². The van der Waals surface area contributed by atoms with Gasteiger partial charge < -0.3 is 15.0 Å². The van der Waals surface area contributed by atoms with E-state index in [-0.39, 0.29) is 18.0 Å². The maximum absolute atomic E-state index is 12.6. The number of thiophene rings is 2. The number of anilines is 1. The summed E-state index contributed by atoms with van der Waals surface area (Å²) in [6.07, 6.45) is 0. The highest BCUT2D eigenvalue weighted by Gasteiger charge is 2.31. The number of nitrogens with zero attached hydrogens (tertiary/aromatic N) is 2. The molecule has 158 valence electrons. The highest BCUT2D eigenvalue weighted by atomic mass is 32.1. The van der Waals surface area contributed by atoms with Crippen LogP contribution in [-0.4, -0.2) is 50.1 Å². The number of piperazine rings is 1. The van der Waals surface area contributed by atoms with Crippen molar-refractivity contribution in [1.29, 1.82) is 0 Å². The number of hydrogen-bond donors (Lipinski definition) is 1. The van der Waals surface area contributed by atoms with Gasteiger partial charge in [0.1, 0.15) is 5.75 Å². The smallest absolute Gasteiger partial charge is 0.261 e. The van der Waals surface area contributed by atoms with Crippen LogP contribution in [-0.2, 0) is 0 Å². The summed E-state index contributed by atoms with van der Waals surface area (Å²) >= 11 is 3.24. The summed E-state index contributed by atoms with van der Waals surface area (Å²) < 4.78 is 5.27. The Morgan fingerprint density at radius 1 is 1.00 bits per heavy atom. The van der Waals surface area contributed by atoms with Crippen LogP contribution in [0.1, 0.15) is 27.5 Å². The minimum absolute atomic E-state index is 0.0101. The van der Waals surface area contributed by atoms with E-state index in [1.807, 2.05) is 29.6 Å². The lowest BCUT2D eigenvalue weighted by atomic mass is 10.0. The first kappa shape index (κ1) is 20.9. The van der Waals surface area contributed by atoms with E-state index in [1.165, 1.54) is 21.9 Å². The number of rotatable bonds is 7. The summed E-state index contributed by atoms with van der Waals surface area (Å²) in [7, 11) is 1.69. The number of amides is 1. The SMILES string of the molecule is COc1ccc(N2CCN([C@@H](c3cccs3)[C@@H](C)NC(=O)c3cccs3)CC2)cc1. The third kappa shape index (κ3) is 4.69. The normalized spacial score (nSPS) is 16.8. The Balaban J connectivity index is 1.44. The van der Waals surface area contributed by atoms with E-state index < -0.39 is 0 Å². The number of nitrogens with one attached hydrogen (secondary N) is 1. The second-order valence-electron chi connectivity index (χ2n) is 7.42. The predicted octanol–water partition coefficient (Wildman–Crippen LogP) is 4.50. The fraction of sp³-hybridized carbons (Fsp3) is 0.348. The summed E-state index contributed by atoms with van der Waals surface area (Å²) in [6, 6.07) is 16.5. The molecule has 2 atom stereocenters. The van der Waals surface area contributed by atoms with Crippen LogP contribution in [0, 0.1) is 0 Å². The molecule has 1 N–H and O–H groups in total. The Morgan fingerprint density at radius 3 is 2.30 bits per heavy atom. The van der Waals surface area contributed by atoms with Crippen molar-refractivity contribution in [3.63, 3.8) is 0 Å². The molecule has 1 saturated heterocycles. The van der Waals surface area contributed by atoms with Crippen LogP contribution in [0.3, 0.4) is 0 Å². The van der Waals surface area contributed by atoms with Gasteiger partial charge in [-0.15, -0.1) is 22.7 Å². The molecule has 1 aromatic carbocycles. The summed E-state index contributed by atoms with van der Waals surface area (Å²) in [4.78, 5) is 19.6. The average molecular weight is 442 g/mol. The fourth-order valence-corrected chi connectivity index (χ4v) is 5.61. The monoisotopic (exact) mass is 441 g/mol. The largest absolute Gasteiger partial charge is 0.497 e. The van der Waals surface area contributed by atoms with E-state index in [0.29, 0.717) is 0 Å². The van der Waals surface area contributed by atoms with Crippen LogP contribution in [0.4, 0.5) is 5.69 Å². The second-order valence-corrected chi connectivity index (χ2v) is 9.35. The maximum atomic E-state index is 12.6. The van der Waals surface area contributed by atoms with Gasteiger partial charge in [-0.1, -0.05) is 12.1 Å². The van der Waals surface area contributed by atoms with E-state index >= 15 is 0 Å². The number of carbonyl (C=O) groups is 1. The minimum Gasteiger partial charge on any atom is -0.497 e. The van der Waals surface area contributed by atoms with Crippen molar-refractivity contribution < 1.29 is 9.53 Å². The van der Waals surface area contributed by atoms with Gasteiger partial charge in [-0.3, -0.25) is 9.69 Å². The predicted molar refractivity (Wildman–Crippen MR) is 125 cm³/mol. The van der Waals surface area contributed by atoms with Gasteiger partial charge in [0, 0.05) is 42.8 Å². The molecular weight excluding hydrogens is 414 g/mol. The minimum atomic E-state index is 0.0101. The second kappa shape index (κ2) is 9.64. The average Bonchev–Trinajstić information content (AvgIpc) is 3.49. The molecule has 0 aliphatic carbocycles. The lowest BCUT2D eigenvalue weighted by molar-refractivity contribution is 0.0894. The first-order valence-corrected chi connectivity index (χ1v) is 11.9. The van der Waals surface area contributed by atoms with Crippen molar-refractivity contribution in [2.75, 3.05) is 38.2 Å². The third-order valence-corrected chi connectivity index (χ3v) is 7.37. The van der Waals surface area contributed by atoms with E-state index in [4.69, 9.17) is 4.74 Å². The summed E-state index contributed by atoms with van der Waals surface area (Å²) in [6.45, 7) is 5.94. The Hall–Kier alpha value is -2.35. The molecule has 1 amide bonds. The highest BCUT2D eigenvalue weighted by molar-refractivity contribution is 7.12. The van der Waals surface area contributed by atoms with Gasteiger partial charge in [0.15, 0.2) is 0 Å². The van der Waals surface area contributed by atoms with Crippen molar-refractivity contribution in [3.8, 4) is 5.75 Å². The van der Waals surface area contributed by atoms with Crippen LogP contribution < -0.4 is 15.0 Å². The number of carbonyl (C=O) groups excluding carboxylic acids is 1. The van der Waals surface area contributed by atoms with Crippen molar-refractivity contribution in [1.82, 2.24) is 10.2 Å². The zero-order chi connectivity index (χ0) is 20.9. The van der Waals surface area contributed by atoms with Crippen molar-refractivity contribution >= 4 is 34.3 Å². The molecule has 0 spiro atoms. The molecule has 4 rings (SSSR count). The number of hydrogen-bond acceptors (Lipinski definition) is 6. The number of ether oxygens (including phenoxy) is 1. The molecule has 7 heteroatoms. The Morgan fingerprint density at radius 2 is 1.70 bits per heavy atom. The van der Waals surface area contributed by atoms with Gasteiger partial charge >= 0.3 is 0 Å². The van der Waals surface area contributed by atoms with Crippen molar-refractivity contribution in [2.24, 2.45) is 0 Å². The standard InChI is InChI=1S/C23H27N3O2S2/c1-17(24-23(27)21-6-4-16-30-21)22(20-5-3-15-29-20)26-13-11-25(12-14-26)18-7-9-19(28-2)10-8-18/h3-10,15-17,22H,11-14H2,1-2H3,(H,24,27)/t17-,22-/m1/s1. The molecule has 1 aliphatic heterocycles. The Bertz CT molecular complexity index is 918. The van der Waals surface area contributed by atoms with Crippen LogP contribution >= 0.6 is 22.7 Å². The first-order chi connectivity index (χ1) is 14.7. The molecule has 0 radical (unpaired) electrons. The van der Waals surface area contributed by atoms with Gasteiger partial charge in [-0.25, -0.2) is 0 Å². The zero-order valence-corrected chi connectivity index (χ0v) is 18.9. The van der Waals surface area contributed by atoms with Crippen LogP contribution in [0.5, 0.6) is 5.75 Å². The van der Waals surface area contributed by atoms with Crippen LogP contribution in [0.2, 0.25) is 0 Å². The lowest BCUT2D eigenvalue weighted by Gasteiger charge is -2.42. The molecule has 5 nitrogen and oxygen atoms in total. The van der Waals surface area contributed by atoms with E-state index in [1.54, 1.807) is 18.4 Å². The van der Waals surface area contributed by atoms with Crippen molar-refractivity contribution in [2.45, 2.75) is 19.0 Å². The molecule has 0 saturated carbocycles. The van der Waals surface area contributed by atoms with Gasteiger partial charge in [0.05, 0.1) is 18.0 Å². The number of methoxy groups -OCH3 is 1.